The van der Waals surface area contributed by atoms with Crippen molar-refractivity contribution in [3.05, 3.63) is 35.0 Å². The monoisotopic (exact) mass is 441 g/mol. The molecule has 32 heavy (non-hydrogen) atoms. The summed E-state index contributed by atoms with van der Waals surface area (Å²) in [6, 6.07) is 5.68. The Kier molecular flexibility index (Phi) is 8.48. The normalized spacial score (nSPS) is 20.5. The van der Waals surface area contributed by atoms with E-state index in [2.05, 4.69) is 6.92 Å². The Morgan fingerprint density at radius 3 is 2.62 bits per heavy atom. The summed E-state index contributed by atoms with van der Waals surface area (Å²) >= 11 is 0. The smallest absolute Gasteiger partial charge is 0.315 e. The average molecular weight is 442 g/mol. The molecule has 1 aliphatic heterocycles. The molecule has 0 radical (unpaired) electrons. The van der Waals surface area contributed by atoms with Crippen molar-refractivity contribution in [2.24, 2.45) is 10.9 Å². The predicted molar refractivity (Wildman–Crippen MR) is 124 cm³/mol. The van der Waals surface area contributed by atoms with Crippen molar-refractivity contribution in [2.45, 2.75) is 71.6 Å². The van der Waals surface area contributed by atoms with Crippen molar-refractivity contribution in [3.63, 3.8) is 0 Å². The molecule has 1 aliphatic carbocycles. The van der Waals surface area contributed by atoms with Gasteiger partial charge in [0.25, 0.3) is 0 Å². The molecule has 6 heteroatoms. The molecule has 0 saturated heterocycles. The fourth-order valence-electron chi connectivity index (χ4n) is 4.50. The number of unbranched alkanes of at least 4 members (excludes halogenated alkanes) is 2. The molecule has 0 N–H and O–H groups in total. The molecule has 3 rings (SSSR count). The van der Waals surface area contributed by atoms with Crippen molar-refractivity contribution >= 4 is 17.5 Å². The van der Waals surface area contributed by atoms with Crippen molar-refractivity contribution < 1.29 is 23.8 Å². The molecule has 2 aliphatic rings. The van der Waals surface area contributed by atoms with Gasteiger partial charge in [0, 0.05) is 29.3 Å². The first-order valence-corrected chi connectivity index (χ1v) is 11.8. The van der Waals surface area contributed by atoms with Crippen molar-refractivity contribution in [1.29, 1.82) is 0 Å². The van der Waals surface area contributed by atoms with E-state index in [1.54, 1.807) is 7.11 Å². The Morgan fingerprint density at radius 1 is 1.09 bits per heavy atom. The maximum absolute atomic E-state index is 13.2. The van der Waals surface area contributed by atoms with Crippen LogP contribution in [0.1, 0.15) is 77.2 Å². The van der Waals surface area contributed by atoms with Crippen LogP contribution in [0.3, 0.4) is 0 Å². The van der Waals surface area contributed by atoms with Gasteiger partial charge in [0.05, 0.1) is 20.3 Å². The van der Waals surface area contributed by atoms with E-state index in [0.717, 1.165) is 49.8 Å². The molecule has 0 aromatic heterocycles. The van der Waals surface area contributed by atoms with Gasteiger partial charge >= 0.3 is 5.97 Å². The largest absolute Gasteiger partial charge is 0.493 e. The molecule has 0 spiro atoms. The standard InChI is InChI=1S/C26H35NO5/c1-5-7-8-15-32-26(29)23-17(3)27-19-10-9-11-20(28)25(19)24(23)18-12-13-21(31-14-6-2)22(16-18)30-4/h12-13,16,23-24H,5-11,14-15H2,1-4H3/t23?,24-/m0/s1. The zero-order valence-electron chi connectivity index (χ0n) is 19.7. The van der Waals surface area contributed by atoms with Gasteiger partial charge in [-0.05, 0) is 50.3 Å². The first-order valence-electron chi connectivity index (χ1n) is 11.8. The number of carbonyl (C=O) groups excluding carboxylic acids is 2. The van der Waals surface area contributed by atoms with E-state index in [1.807, 2.05) is 32.0 Å². The van der Waals surface area contributed by atoms with E-state index in [4.69, 9.17) is 19.2 Å². The van der Waals surface area contributed by atoms with Crippen LogP contribution in [0, 0.1) is 5.92 Å². The lowest BCUT2D eigenvalue weighted by Crippen LogP contribution is -2.37. The van der Waals surface area contributed by atoms with Crippen LogP contribution < -0.4 is 9.47 Å². The SMILES string of the molecule is CCCCCOC(=O)C1C(C)=NC2=C(C(=O)CCC2)[C@H]1c1ccc(OCCC)c(OC)c1. The summed E-state index contributed by atoms with van der Waals surface area (Å²) < 4.78 is 17.0. The highest BCUT2D eigenvalue weighted by Gasteiger charge is 2.43. The second-order valence-corrected chi connectivity index (χ2v) is 8.48. The number of esters is 1. The van der Waals surface area contributed by atoms with Crippen LogP contribution in [0.4, 0.5) is 0 Å². The predicted octanol–water partition coefficient (Wildman–Crippen LogP) is 5.40. The fourth-order valence-corrected chi connectivity index (χ4v) is 4.50. The van der Waals surface area contributed by atoms with E-state index >= 15 is 0 Å². The van der Waals surface area contributed by atoms with Crippen molar-refractivity contribution in [1.82, 2.24) is 0 Å². The molecule has 0 amide bonds. The van der Waals surface area contributed by atoms with Crippen molar-refractivity contribution in [3.8, 4) is 11.5 Å². The van der Waals surface area contributed by atoms with Crippen LogP contribution in [0.15, 0.2) is 34.5 Å². The van der Waals surface area contributed by atoms with E-state index in [0.29, 0.717) is 42.4 Å². The van der Waals surface area contributed by atoms with E-state index in [9.17, 15) is 9.59 Å². The van der Waals surface area contributed by atoms with Crippen LogP contribution in [0.2, 0.25) is 0 Å². The summed E-state index contributed by atoms with van der Waals surface area (Å²) in [7, 11) is 1.60. The highest BCUT2D eigenvalue weighted by molar-refractivity contribution is 6.08. The number of rotatable bonds is 10. The third-order valence-electron chi connectivity index (χ3n) is 6.09. The quantitative estimate of drug-likeness (QED) is 0.359. The number of benzene rings is 1. The summed E-state index contributed by atoms with van der Waals surface area (Å²) in [6.45, 7) is 7.00. The zero-order valence-corrected chi connectivity index (χ0v) is 19.7. The Labute approximate surface area is 191 Å². The molecule has 6 nitrogen and oxygen atoms in total. The van der Waals surface area contributed by atoms with E-state index in [-0.39, 0.29) is 11.8 Å². The van der Waals surface area contributed by atoms with Gasteiger partial charge in [-0.1, -0.05) is 32.8 Å². The number of aliphatic imine (C=N–C) groups is 1. The number of hydrogen-bond donors (Lipinski definition) is 0. The van der Waals surface area contributed by atoms with Crippen LogP contribution in [0.5, 0.6) is 11.5 Å². The third kappa shape index (κ3) is 5.22. The van der Waals surface area contributed by atoms with Gasteiger partial charge in [0.2, 0.25) is 0 Å². The summed E-state index contributed by atoms with van der Waals surface area (Å²) in [5.41, 5.74) is 3.01. The molecule has 1 heterocycles. The Hall–Kier alpha value is -2.63. The first kappa shape index (κ1) is 24.0. The third-order valence-corrected chi connectivity index (χ3v) is 6.09. The molecular formula is C26H35NO5. The molecule has 174 valence electrons. The Balaban J connectivity index is 2.00. The lowest BCUT2D eigenvalue weighted by molar-refractivity contribution is -0.146. The van der Waals surface area contributed by atoms with Gasteiger partial charge in [-0.25, -0.2) is 0 Å². The lowest BCUT2D eigenvalue weighted by Gasteiger charge is -2.34. The van der Waals surface area contributed by atoms with Crippen LogP contribution in [0.25, 0.3) is 0 Å². The number of ketones is 1. The van der Waals surface area contributed by atoms with Crippen LogP contribution in [-0.2, 0) is 14.3 Å². The van der Waals surface area contributed by atoms with Crippen LogP contribution >= 0.6 is 0 Å². The number of Topliss-reactive ketones (excluding diaryl/α,β-unsaturated/α-hetero) is 1. The second-order valence-electron chi connectivity index (χ2n) is 8.48. The summed E-state index contributed by atoms with van der Waals surface area (Å²) in [6.07, 6.45) is 5.82. The molecule has 0 bridgehead atoms. The molecule has 2 atom stereocenters. The van der Waals surface area contributed by atoms with Crippen molar-refractivity contribution in [2.75, 3.05) is 20.3 Å². The highest BCUT2D eigenvalue weighted by Crippen LogP contribution is 2.45. The highest BCUT2D eigenvalue weighted by atomic mass is 16.5. The first-order chi connectivity index (χ1) is 15.5. The number of hydrogen-bond acceptors (Lipinski definition) is 6. The topological polar surface area (TPSA) is 74.2 Å². The maximum atomic E-state index is 13.2. The molecule has 1 unspecified atom stereocenters. The summed E-state index contributed by atoms with van der Waals surface area (Å²) in [5.74, 6) is -0.0458. The van der Waals surface area contributed by atoms with E-state index < -0.39 is 11.8 Å². The number of allylic oxidation sites excluding steroid dienone is 2. The minimum absolute atomic E-state index is 0.0709. The summed E-state index contributed by atoms with van der Waals surface area (Å²) in [5, 5.41) is 0. The number of methoxy groups -OCH3 is 1. The van der Waals surface area contributed by atoms with E-state index in [1.165, 1.54) is 0 Å². The van der Waals surface area contributed by atoms with Gasteiger partial charge in [-0.2, -0.15) is 0 Å². The van der Waals surface area contributed by atoms with Gasteiger partial charge in [-0.15, -0.1) is 0 Å². The Morgan fingerprint density at radius 2 is 1.91 bits per heavy atom. The maximum Gasteiger partial charge on any atom is 0.315 e. The van der Waals surface area contributed by atoms with Gasteiger partial charge in [0.15, 0.2) is 17.3 Å². The fraction of sp³-hybridized carbons (Fsp3) is 0.577. The summed E-state index contributed by atoms with van der Waals surface area (Å²) in [4.78, 5) is 30.9. The minimum Gasteiger partial charge on any atom is -0.493 e. The van der Waals surface area contributed by atoms with Gasteiger partial charge in [-0.3, -0.25) is 14.6 Å². The molecular weight excluding hydrogens is 406 g/mol. The zero-order chi connectivity index (χ0) is 23.1. The molecule has 0 fully saturated rings. The molecule has 1 aromatic carbocycles. The molecule has 1 aromatic rings. The lowest BCUT2D eigenvalue weighted by atomic mass is 9.71. The number of ether oxygens (including phenoxy) is 3. The van der Waals surface area contributed by atoms with Gasteiger partial charge < -0.3 is 14.2 Å². The average Bonchev–Trinajstić information content (AvgIpc) is 2.79. The Bertz CT molecular complexity index is 901. The minimum atomic E-state index is -0.621. The number of carbonyl (C=O) groups is 2. The number of nitrogens with zero attached hydrogens (tertiary/aromatic N) is 1. The second kappa shape index (κ2) is 11.3. The van der Waals surface area contributed by atoms with Crippen LogP contribution in [-0.4, -0.2) is 37.8 Å². The van der Waals surface area contributed by atoms with Gasteiger partial charge in [0.1, 0.15) is 5.92 Å². The molecule has 0 saturated carbocycles.